The van der Waals surface area contributed by atoms with Crippen LogP contribution >= 0.6 is 11.8 Å². The molecule has 2 heterocycles. The van der Waals surface area contributed by atoms with E-state index in [0.717, 1.165) is 29.2 Å². The molecule has 1 N–H and O–H groups in total. The SMILES string of the molecule is CCC1C=CCN1C(=O)CSc1nc2ccc(C)cc2[nH]1. The Kier molecular flexibility index (Phi) is 4.01. The lowest BCUT2D eigenvalue weighted by molar-refractivity contribution is -0.128. The molecule has 2 aromatic rings. The van der Waals surface area contributed by atoms with Crippen molar-refractivity contribution < 1.29 is 4.79 Å². The molecule has 0 radical (unpaired) electrons. The molecular formula is C16H19N3OS. The van der Waals surface area contributed by atoms with Crippen molar-refractivity contribution in [2.75, 3.05) is 12.3 Å². The van der Waals surface area contributed by atoms with Gasteiger partial charge in [-0.05, 0) is 31.0 Å². The van der Waals surface area contributed by atoms with E-state index in [9.17, 15) is 4.79 Å². The highest BCUT2D eigenvalue weighted by Gasteiger charge is 2.23. The molecule has 4 nitrogen and oxygen atoms in total. The number of nitrogens with one attached hydrogen (secondary N) is 1. The Bertz CT molecular complexity index is 692. The van der Waals surface area contributed by atoms with Crippen molar-refractivity contribution in [1.29, 1.82) is 0 Å². The summed E-state index contributed by atoms with van der Waals surface area (Å²) in [4.78, 5) is 22.0. The lowest BCUT2D eigenvalue weighted by atomic mass is 10.2. The average molecular weight is 301 g/mol. The third-order valence-corrected chi connectivity index (χ3v) is 4.61. The lowest BCUT2D eigenvalue weighted by Gasteiger charge is -2.23. The van der Waals surface area contributed by atoms with Crippen LogP contribution < -0.4 is 0 Å². The number of carbonyl (C=O) groups is 1. The fourth-order valence-corrected chi connectivity index (χ4v) is 3.37. The highest BCUT2D eigenvalue weighted by atomic mass is 32.2. The van der Waals surface area contributed by atoms with Gasteiger partial charge in [-0.1, -0.05) is 36.9 Å². The quantitative estimate of drug-likeness (QED) is 0.697. The molecule has 1 aromatic heterocycles. The van der Waals surface area contributed by atoms with Crippen LogP contribution in [0.5, 0.6) is 0 Å². The molecule has 0 bridgehead atoms. The van der Waals surface area contributed by atoms with E-state index in [1.807, 2.05) is 17.0 Å². The van der Waals surface area contributed by atoms with Gasteiger partial charge in [0.05, 0.1) is 22.8 Å². The summed E-state index contributed by atoms with van der Waals surface area (Å²) in [6.07, 6.45) is 5.16. The Morgan fingerprint density at radius 1 is 1.52 bits per heavy atom. The highest BCUT2D eigenvalue weighted by molar-refractivity contribution is 7.99. The number of rotatable bonds is 4. The van der Waals surface area contributed by atoms with E-state index < -0.39 is 0 Å². The maximum absolute atomic E-state index is 12.3. The third-order valence-electron chi connectivity index (χ3n) is 3.75. The van der Waals surface area contributed by atoms with Gasteiger partial charge < -0.3 is 9.88 Å². The van der Waals surface area contributed by atoms with Crippen LogP contribution in [0.25, 0.3) is 11.0 Å². The average Bonchev–Trinajstić information content (AvgIpc) is 3.10. The summed E-state index contributed by atoms with van der Waals surface area (Å²) in [6.45, 7) is 4.90. The van der Waals surface area contributed by atoms with E-state index in [-0.39, 0.29) is 11.9 Å². The summed E-state index contributed by atoms with van der Waals surface area (Å²) in [5.41, 5.74) is 3.18. The summed E-state index contributed by atoms with van der Waals surface area (Å²) in [7, 11) is 0. The summed E-state index contributed by atoms with van der Waals surface area (Å²) in [6, 6.07) is 6.39. The molecule has 1 unspecified atom stereocenters. The number of benzene rings is 1. The molecule has 5 heteroatoms. The summed E-state index contributed by atoms with van der Waals surface area (Å²) >= 11 is 1.47. The number of aromatic amines is 1. The smallest absolute Gasteiger partial charge is 0.233 e. The van der Waals surface area contributed by atoms with Crippen LogP contribution in [0.4, 0.5) is 0 Å². The van der Waals surface area contributed by atoms with Gasteiger partial charge >= 0.3 is 0 Å². The number of fused-ring (bicyclic) bond motifs is 1. The van der Waals surface area contributed by atoms with Crippen molar-refractivity contribution in [3.63, 3.8) is 0 Å². The van der Waals surface area contributed by atoms with Crippen molar-refractivity contribution in [1.82, 2.24) is 14.9 Å². The minimum atomic E-state index is 0.175. The molecule has 1 aliphatic heterocycles. The van der Waals surface area contributed by atoms with Crippen molar-refractivity contribution in [2.45, 2.75) is 31.5 Å². The van der Waals surface area contributed by atoms with E-state index in [1.165, 1.54) is 17.3 Å². The molecule has 0 aliphatic carbocycles. The number of thioether (sulfide) groups is 1. The normalized spacial score (nSPS) is 17.8. The Morgan fingerprint density at radius 2 is 2.38 bits per heavy atom. The largest absolute Gasteiger partial charge is 0.333 e. The van der Waals surface area contributed by atoms with Crippen LogP contribution in [0.1, 0.15) is 18.9 Å². The van der Waals surface area contributed by atoms with E-state index in [1.54, 1.807) is 0 Å². The van der Waals surface area contributed by atoms with Crippen LogP contribution in [0, 0.1) is 6.92 Å². The molecule has 3 rings (SSSR count). The Balaban J connectivity index is 1.65. The van der Waals surface area contributed by atoms with Gasteiger partial charge in [-0.15, -0.1) is 0 Å². The van der Waals surface area contributed by atoms with Gasteiger partial charge in [0.25, 0.3) is 0 Å². The Labute approximate surface area is 128 Å². The first kappa shape index (κ1) is 14.2. The van der Waals surface area contributed by atoms with Gasteiger partial charge in [0.15, 0.2) is 5.16 Å². The molecular weight excluding hydrogens is 282 g/mol. The number of H-pyrrole nitrogens is 1. The number of aryl methyl sites for hydroxylation is 1. The van der Waals surface area contributed by atoms with E-state index in [0.29, 0.717) is 5.75 Å². The minimum absolute atomic E-state index is 0.175. The molecule has 0 spiro atoms. The molecule has 0 saturated carbocycles. The lowest BCUT2D eigenvalue weighted by Crippen LogP contribution is -2.36. The van der Waals surface area contributed by atoms with Crippen LogP contribution in [-0.4, -0.2) is 39.1 Å². The number of hydrogen-bond donors (Lipinski definition) is 1. The number of nitrogens with zero attached hydrogens (tertiary/aromatic N) is 2. The van der Waals surface area contributed by atoms with Gasteiger partial charge in [0.2, 0.25) is 5.91 Å². The van der Waals surface area contributed by atoms with Crippen LogP contribution in [-0.2, 0) is 4.79 Å². The topological polar surface area (TPSA) is 49.0 Å². The van der Waals surface area contributed by atoms with Gasteiger partial charge in [-0.3, -0.25) is 4.79 Å². The minimum Gasteiger partial charge on any atom is -0.333 e. The van der Waals surface area contributed by atoms with Crippen LogP contribution in [0.2, 0.25) is 0 Å². The highest BCUT2D eigenvalue weighted by Crippen LogP contribution is 2.22. The van der Waals surface area contributed by atoms with Crippen molar-refractivity contribution in [3.8, 4) is 0 Å². The molecule has 0 fully saturated rings. The van der Waals surface area contributed by atoms with Crippen molar-refractivity contribution >= 4 is 28.7 Å². The molecule has 1 aliphatic rings. The zero-order chi connectivity index (χ0) is 14.8. The number of hydrogen-bond acceptors (Lipinski definition) is 3. The second kappa shape index (κ2) is 5.93. The zero-order valence-corrected chi connectivity index (χ0v) is 13.1. The molecule has 0 saturated heterocycles. The fourth-order valence-electron chi connectivity index (χ4n) is 2.60. The van der Waals surface area contributed by atoms with Gasteiger partial charge in [0.1, 0.15) is 0 Å². The van der Waals surface area contributed by atoms with Crippen LogP contribution in [0.15, 0.2) is 35.5 Å². The van der Waals surface area contributed by atoms with Crippen molar-refractivity contribution in [2.24, 2.45) is 0 Å². The summed E-state index contributed by atoms with van der Waals surface area (Å²) in [5, 5.41) is 0.809. The van der Waals surface area contributed by atoms with E-state index >= 15 is 0 Å². The van der Waals surface area contributed by atoms with E-state index in [2.05, 4.69) is 42.0 Å². The standard InChI is InChI=1S/C16H19N3OS/c1-3-12-5-4-8-19(12)15(20)10-21-16-17-13-7-6-11(2)9-14(13)18-16/h4-7,9,12H,3,8,10H2,1-2H3,(H,17,18). The molecule has 1 aromatic carbocycles. The molecule has 1 atom stereocenters. The van der Waals surface area contributed by atoms with Crippen LogP contribution in [0.3, 0.4) is 0 Å². The Morgan fingerprint density at radius 3 is 3.19 bits per heavy atom. The van der Waals surface area contributed by atoms with Gasteiger partial charge in [-0.2, -0.15) is 0 Å². The number of imidazole rings is 1. The first-order valence-corrected chi connectivity index (χ1v) is 8.21. The van der Waals surface area contributed by atoms with E-state index in [4.69, 9.17) is 0 Å². The number of aromatic nitrogens is 2. The predicted molar refractivity (Wildman–Crippen MR) is 86.5 cm³/mol. The molecule has 1 amide bonds. The number of amides is 1. The first-order valence-electron chi connectivity index (χ1n) is 7.22. The third kappa shape index (κ3) is 2.97. The Hall–Kier alpha value is -1.75. The maximum atomic E-state index is 12.3. The van der Waals surface area contributed by atoms with Gasteiger partial charge in [0, 0.05) is 6.54 Å². The van der Waals surface area contributed by atoms with Crippen molar-refractivity contribution in [3.05, 3.63) is 35.9 Å². The first-order chi connectivity index (χ1) is 10.2. The maximum Gasteiger partial charge on any atom is 0.233 e. The molecule has 21 heavy (non-hydrogen) atoms. The van der Waals surface area contributed by atoms with Gasteiger partial charge in [-0.25, -0.2) is 4.98 Å². The zero-order valence-electron chi connectivity index (χ0n) is 12.3. The number of carbonyl (C=O) groups excluding carboxylic acids is 1. The second-order valence-corrected chi connectivity index (χ2v) is 6.27. The summed E-state index contributed by atoms with van der Waals surface area (Å²) in [5.74, 6) is 0.602. The predicted octanol–water partition coefficient (Wildman–Crippen LogP) is 3.14. The molecule has 110 valence electrons. The fraction of sp³-hybridized carbons (Fsp3) is 0.375. The summed E-state index contributed by atoms with van der Waals surface area (Å²) < 4.78 is 0. The monoisotopic (exact) mass is 301 g/mol. The second-order valence-electron chi connectivity index (χ2n) is 5.30.